The summed E-state index contributed by atoms with van der Waals surface area (Å²) in [5.41, 5.74) is 1.39. The summed E-state index contributed by atoms with van der Waals surface area (Å²) >= 11 is 0. The van der Waals surface area contributed by atoms with Crippen molar-refractivity contribution in [3.8, 4) is 11.8 Å². The van der Waals surface area contributed by atoms with Crippen LogP contribution in [-0.2, 0) is 11.3 Å². The number of hydrogen-bond donors (Lipinski definition) is 1. The van der Waals surface area contributed by atoms with Crippen LogP contribution in [0.15, 0.2) is 48.9 Å². The average molecular weight is 417 g/mol. The zero-order valence-corrected chi connectivity index (χ0v) is 16.9. The van der Waals surface area contributed by atoms with Crippen molar-refractivity contribution in [1.29, 1.82) is 5.26 Å². The molecule has 0 unspecified atom stereocenters. The summed E-state index contributed by atoms with van der Waals surface area (Å²) < 4.78 is 7.33. The van der Waals surface area contributed by atoms with Gasteiger partial charge < -0.3 is 10.1 Å². The number of rotatable bonds is 4. The van der Waals surface area contributed by atoms with Crippen molar-refractivity contribution < 1.29 is 14.3 Å². The number of aromatic nitrogens is 4. The van der Waals surface area contributed by atoms with Crippen LogP contribution in [-0.4, -0.2) is 50.8 Å². The maximum atomic E-state index is 12.9. The molecule has 0 aliphatic carbocycles. The van der Waals surface area contributed by atoms with Gasteiger partial charge in [0.1, 0.15) is 18.5 Å². The van der Waals surface area contributed by atoms with Crippen LogP contribution in [0.4, 0.5) is 5.82 Å². The maximum absolute atomic E-state index is 12.9. The van der Waals surface area contributed by atoms with Gasteiger partial charge in [-0.2, -0.15) is 5.26 Å². The molecule has 0 bridgehead atoms. The van der Waals surface area contributed by atoms with Gasteiger partial charge in [-0.1, -0.05) is 12.1 Å². The number of amides is 2. The Balaban J connectivity index is 1.48. The Morgan fingerprint density at radius 1 is 1.29 bits per heavy atom. The minimum Gasteiger partial charge on any atom is -0.484 e. The van der Waals surface area contributed by atoms with E-state index in [1.807, 2.05) is 6.07 Å². The predicted octanol–water partition coefficient (Wildman–Crippen LogP) is 1.14. The molecule has 2 atom stereocenters. The molecule has 10 heteroatoms. The number of anilines is 1. The Labute approximate surface area is 178 Å². The second-order valence-corrected chi connectivity index (χ2v) is 7.07. The van der Waals surface area contributed by atoms with E-state index >= 15 is 0 Å². The van der Waals surface area contributed by atoms with E-state index < -0.39 is 18.1 Å². The van der Waals surface area contributed by atoms with Crippen LogP contribution < -0.4 is 15.0 Å². The molecule has 4 rings (SSSR count). The van der Waals surface area contributed by atoms with Crippen molar-refractivity contribution in [2.24, 2.45) is 0 Å². The molecule has 0 saturated heterocycles. The number of pyridine rings is 1. The summed E-state index contributed by atoms with van der Waals surface area (Å²) in [5.74, 6) is -0.168. The van der Waals surface area contributed by atoms with Crippen LogP contribution in [0.1, 0.15) is 28.7 Å². The normalized spacial score (nSPS) is 17.8. The lowest BCUT2D eigenvalue weighted by Crippen LogP contribution is -2.53. The number of carbonyl (C=O) groups is 2. The SMILES string of the molecule is C[C@H]1Oc2cccnc2N(C)C(=O)[C@H]1NC(=O)c1ncn(Cc2cccc(C#N)c2)n1. The van der Waals surface area contributed by atoms with E-state index in [0.29, 0.717) is 23.7 Å². The fraction of sp³-hybridized carbons (Fsp3) is 0.238. The third-order valence-corrected chi connectivity index (χ3v) is 4.87. The highest BCUT2D eigenvalue weighted by molar-refractivity contribution is 6.02. The van der Waals surface area contributed by atoms with Crippen molar-refractivity contribution in [2.75, 3.05) is 11.9 Å². The minimum absolute atomic E-state index is 0.0704. The lowest BCUT2D eigenvalue weighted by Gasteiger charge is -2.22. The monoisotopic (exact) mass is 417 g/mol. The van der Waals surface area contributed by atoms with E-state index in [-0.39, 0.29) is 11.7 Å². The maximum Gasteiger partial charge on any atom is 0.291 e. The quantitative estimate of drug-likeness (QED) is 0.674. The van der Waals surface area contributed by atoms with Crippen LogP contribution in [0.3, 0.4) is 0 Å². The van der Waals surface area contributed by atoms with Crippen LogP contribution in [0.25, 0.3) is 0 Å². The highest BCUT2D eigenvalue weighted by Gasteiger charge is 2.37. The van der Waals surface area contributed by atoms with E-state index in [1.165, 1.54) is 15.9 Å². The first-order valence-electron chi connectivity index (χ1n) is 9.55. The van der Waals surface area contributed by atoms with Gasteiger partial charge in [0.05, 0.1) is 18.2 Å². The molecule has 31 heavy (non-hydrogen) atoms. The van der Waals surface area contributed by atoms with Gasteiger partial charge in [0.25, 0.3) is 11.8 Å². The van der Waals surface area contributed by atoms with Crippen molar-refractivity contribution in [3.63, 3.8) is 0 Å². The van der Waals surface area contributed by atoms with E-state index in [1.54, 1.807) is 50.5 Å². The first-order chi connectivity index (χ1) is 15.0. The Morgan fingerprint density at radius 3 is 2.94 bits per heavy atom. The van der Waals surface area contributed by atoms with Gasteiger partial charge in [-0.05, 0) is 36.8 Å². The average Bonchev–Trinajstić information content (AvgIpc) is 3.22. The lowest BCUT2D eigenvalue weighted by molar-refractivity contribution is -0.121. The zero-order valence-electron chi connectivity index (χ0n) is 16.9. The number of likely N-dealkylation sites (N-methyl/N-ethyl adjacent to an activating group) is 1. The molecular formula is C21H19N7O3. The Bertz CT molecular complexity index is 1180. The van der Waals surface area contributed by atoms with Crippen molar-refractivity contribution >= 4 is 17.6 Å². The second-order valence-electron chi connectivity index (χ2n) is 7.07. The highest BCUT2D eigenvalue weighted by atomic mass is 16.5. The number of benzene rings is 1. The third-order valence-electron chi connectivity index (χ3n) is 4.87. The Kier molecular flexibility index (Phi) is 5.32. The molecule has 3 heterocycles. The Hall–Kier alpha value is -4.26. The molecule has 156 valence electrons. The summed E-state index contributed by atoms with van der Waals surface area (Å²) in [7, 11) is 1.58. The van der Waals surface area contributed by atoms with E-state index in [4.69, 9.17) is 10.00 Å². The predicted molar refractivity (Wildman–Crippen MR) is 109 cm³/mol. The summed E-state index contributed by atoms with van der Waals surface area (Å²) in [6.07, 6.45) is 2.37. The molecule has 1 aromatic carbocycles. The van der Waals surface area contributed by atoms with Crippen LogP contribution in [0, 0.1) is 11.3 Å². The van der Waals surface area contributed by atoms with Gasteiger partial charge in [-0.15, -0.1) is 5.10 Å². The van der Waals surface area contributed by atoms with E-state index in [0.717, 1.165) is 5.56 Å². The minimum atomic E-state index is -0.939. The summed E-state index contributed by atoms with van der Waals surface area (Å²) in [6.45, 7) is 2.05. The van der Waals surface area contributed by atoms with Crippen LogP contribution in [0.5, 0.6) is 5.75 Å². The van der Waals surface area contributed by atoms with Gasteiger partial charge >= 0.3 is 0 Å². The topological polar surface area (TPSA) is 126 Å². The number of hydrogen-bond acceptors (Lipinski definition) is 7. The zero-order chi connectivity index (χ0) is 22.0. The van der Waals surface area contributed by atoms with Gasteiger partial charge in [0.15, 0.2) is 11.6 Å². The number of nitriles is 1. The number of carbonyl (C=O) groups excluding carboxylic acids is 2. The van der Waals surface area contributed by atoms with Gasteiger partial charge in [0.2, 0.25) is 5.82 Å². The molecule has 3 aromatic rings. The second kappa shape index (κ2) is 8.23. The molecule has 2 aromatic heterocycles. The standard InChI is InChI=1S/C21H19N7O3/c1-13-17(21(30)27(2)19-16(31-13)7-4-8-23-19)25-20(29)18-24-12-28(26-18)11-15-6-3-5-14(9-15)10-22/h3-9,12-13,17H,11H2,1-2H3,(H,25,29)/t13-,17+/m1/s1. The first kappa shape index (κ1) is 20.0. The van der Waals surface area contributed by atoms with Crippen LogP contribution >= 0.6 is 0 Å². The smallest absolute Gasteiger partial charge is 0.291 e. The largest absolute Gasteiger partial charge is 0.484 e. The molecule has 1 aliphatic heterocycles. The van der Waals surface area contributed by atoms with Crippen molar-refractivity contribution in [1.82, 2.24) is 25.1 Å². The molecule has 2 amide bonds. The molecule has 0 radical (unpaired) electrons. The Morgan fingerprint density at radius 2 is 2.13 bits per heavy atom. The number of nitrogens with zero attached hydrogens (tertiary/aromatic N) is 6. The number of fused-ring (bicyclic) bond motifs is 1. The molecule has 0 fully saturated rings. The summed E-state index contributed by atoms with van der Waals surface area (Å²) in [5, 5.41) is 15.9. The molecule has 1 aliphatic rings. The van der Waals surface area contributed by atoms with Crippen LogP contribution in [0.2, 0.25) is 0 Å². The first-order valence-corrected chi connectivity index (χ1v) is 9.55. The summed E-state index contributed by atoms with van der Waals surface area (Å²) in [6, 6.07) is 11.7. The fourth-order valence-electron chi connectivity index (χ4n) is 3.29. The van der Waals surface area contributed by atoms with Crippen molar-refractivity contribution in [2.45, 2.75) is 25.6 Å². The highest BCUT2D eigenvalue weighted by Crippen LogP contribution is 2.29. The number of nitrogens with one attached hydrogen (secondary N) is 1. The lowest BCUT2D eigenvalue weighted by atomic mass is 10.1. The van der Waals surface area contributed by atoms with E-state index in [9.17, 15) is 9.59 Å². The van der Waals surface area contributed by atoms with Gasteiger partial charge in [0, 0.05) is 13.2 Å². The number of ether oxygens (including phenoxy) is 1. The van der Waals surface area contributed by atoms with E-state index in [2.05, 4.69) is 26.5 Å². The molecule has 0 spiro atoms. The molecule has 10 nitrogen and oxygen atoms in total. The summed E-state index contributed by atoms with van der Waals surface area (Å²) in [4.78, 5) is 35.2. The molecule has 0 saturated carbocycles. The molecule has 1 N–H and O–H groups in total. The fourth-order valence-corrected chi connectivity index (χ4v) is 3.29. The van der Waals surface area contributed by atoms with Crippen molar-refractivity contribution in [3.05, 3.63) is 65.9 Å². The third kappa shape index (κ3) is 4.06. The molecular weight excluding hydrogens is 398 g/mol. The van der Waals surface area contributed by atoms with Gasteiger partial charge in [-0.25, -0.2) is 14.6 Å². The van der Waals surface area contributed by atoms with Gasteiger partial charge in [-0.3, -0.25) is 14.5 Å².